The summed E-state index contributed by atoms with van der Waals surface area (Å²) in [5.41, 5.74) is 1.11. The molecule has 0 radical (unpaired) electrons. The van der Waals surface area contributed by atoms with Crippen LogP contribution < -0.4 is 4.74 Å². The molecule has 1 saturated heterocycles. The van der Waals surface area contributed by atoms with E-state index in [-0.39, 0.29) is 0 Å². The number of aromatic nitrogens is 4. The number of benzene rings is 1. The molecule has 0 aliphatic carbocycles. The van der Waals surface area contributed by atoms with Crippen LogP contribution in [0.15, 0.2) is 24.3 Å². The van der Waals surface area contributed by atoms with Crippen molar-refractivity contribution in [2.45, 2.75) is 32.2 Å². The van der Waals surface area contributed by atoms with E-state index in [1.807, 2.05) is 34.9 Å². The van der Waals surface area contributed by atoms with Gasteiger partial charge in [0.05, 0.1) is 13.7 Å². The van der Waals surface area contributed by atoms with Crippen LogP contribution in [0.4, 0.5) is 0 Å². The Balaban J connectivity index is 1.48. The van der Waals surface area contributed by atoms with Crippen LogP contribution in [0.3, 0.4) is 0 Å². The van der Waals surface area contributed by atoms with E-state index in [0.717, 1.165) is 46.7 Å². The predicted octanol–water partition coefficient (Wildman–Crippen LogP) is 3.74. The number of hydrogen-bond acceptors (Lipinski definition) is 6. The van der Waals surface area contributed by atoms with Crippen LogP contribution in [-0.2, 0) is 6.54 Å². The number of fused-ring (bicyclic) bond motifs is 1. The van der Waals surface area contributed by atoms with Gasteiger partial charge in [-0.2, -0.15) is 9.61 Å². The van der Waals surface area contributed by atoms with E-state index in [1.165, 1.54) is 25.7 Å². The van der Waals surface area contributed by atoms with Crippen molar-refractivity contribution in [3.63, 3.8) is 0 Å². The molecule has 136 valence electrons. The highest BCUT2D eigenvalue weighted by atomic mass is 32.1. The molecule has 0 amide bonds. The van der Waals surface area contributed by atoms with E-state index in [1.54, 1.807) is 18.4 Å². The van der Waals surface area contributed by atoms with E-state index >= 15 is 0 Å². The van der Waals surface area contributed by atoms with Crippen LogP contribution in [0, 0.1) is 0 Å². The minimum atomic E-state index is 0.826. The van der Waals surface area contributed by atoms with Crippen molar-refractivity contribution in [3.05, 3.63) is 40.7 Å². The van der Waals surface area contributed by atoms with E-state index in [4.69, 9.17) is 4.74 Å². The van der Waals surface area contributed by atoms with Gasteiger partial charge in [0.15, 0.2) is 5.82 Å². The van der Waals surface area contributed by atoms with Crippen LogP contribution in [0.2, 0.25) is 0 Å². The molecular weight excluding hydrogens is 346 g/mol. The van der Waals surface area contributed by atoms with E-state index in [2.05, 4.69) is 26.3 Å². The lowest BCUT2D eigenvalue weighted by atomic mass is 10.2. The fraction of sp³-hybridized carbons (Fsp3) is 0.421. The Morgan fingerprint density at radius 1 is 1.04 bits per heavy atom. The molecule has 0 unspecified atom stereocenters. The van der Waals surface area contributed by atoms with E-state index in [0.29, 0.717) is 0 Å². The zero-order valence-corrected chi connectivity index (χ0v) is 15.8. The lowest BCUT2D eigenvalue weighted by Crippen LogP contribution is -2.25. The molecule has 6 nitrogen and oxygen atoms in total. The van der Waals surface area contributed by atoms with Crippen molar-refractivity contribution in [1.29, 1.82) is 0 Å². The first-order chi connectivity index (χ1) is 12.8. The van der Waals surface area contributed by atoms with Crippen LogP contribution in [0.1, 0.15) is 42.1 Å². The van der Waals surface area contributed by atoms with Crippen LogP contribution >= 0.6 is 11.3 Å². The van der Waals surface area contributed by atoms with Gasteiger partial charge in [0, 0.05) is 0 Å². The van der Waals surface area contributed by atoms with Crippen molar-refractivity contribution in [2.24, 2.45) is 0 Å². The molecule has 0 saturated carbocycles. The third-order valence-corrected chi connectivity index (χ3v) is 5.53. The molecule has 1 aliphatic heterocycles. The molecule has 0 atom stereocenters. The van der Waals surface area contributed by atoms with Crippen molar-refractivity contribution in [2.75, 3.05) is 20.2 Å². The maximum absolute atomic E-state index is 5.19. The highest BCUT2D eigenvalue weighted by Crippen LogP contribution is 2.19. The van der Waals surface area contributed by atoms with Gasteiger partial charge in [-0.3, -0.25) is 4.90 Å². The molecule has 2 aromatic heterocycles. The average Bonchev–Trinajstić information content (AvgIpc) is 3.13. The molecular formula is C19H23N5OS. The molecule has 4 rings (SSSR count). The van der Waals surface area contributed by atoms with Gasteiger partial charge in [0.1, 0.15) is 10.8 Å². The highest BCUT2D eigenvalue weighted by Gasteiger charge is 2.15. The summed E-state index contributed by atoms with van der Waals surface area (Å²) in [5.74, 6) is 1.79. The van der Waals surface area contributed by atoms with Gasteiger partial charge >= 0.3 is 0 Å². The molecule has 1 aliphatic rings. The molecule has 1 fully saturated rings. The summed E-state index contributed by atoms with van der Waals surface area (Å²) in [6.07, 6.45) is 9.30. The van der Waals surface area contributed by atoms with Crippen molar-refractivity contribution >= 4 is 28.4 Å². The summed E-state index contributed by atoms with van der Waals surface area (Å²) in [4.78, 5) is 3.32. The lowest BCUT2D eigenvalue weighted by Gasteiger charge is -2.17. The summed E-state index contributed by atoms with van der Waals surface area (Å²) >= 11 is 1.56. The second-order valence-corrected chi connectivity index (χ2v) is 7.54. The second-order valence-electron chi connectivity index (χ2n) is 6.55. The minimum Gasteiger partial charge on any atom is -0.497 e. The first kappa shape index (κ1) is 17.2. The topological polar surface area (TPSA) is 55.6 Å². The summed E-state index contributed by atoms with van der Waals surface area (Å²) in [7, 11) is 1.67. The normalized spacial score (nSPS) is 16.3. The SMILES string of the molecule is COc1ccc(/C=C\c2nn3c(CN4CCCCCC4)nnc3s2)cc1. The number of likely N-dealkylation sites (tertiary alicyclic amines) is 1. The predicted molar refractivity (Wildman–Crippen MR) is 104 cm³/mol. The number of hydrogen-bond donors (Lipinski definition) is 0. The zero-order chi connectivity index (χ0) is 17.8. The molecule has 1 aromatic carbocycles. The Hall–Kier alpha value is -2.25. The molecule has 0 N–H and O–H groups in total. The van der Waals surface area contributed by atoms with Gasteiger partial charge in [-0.25, -0.2) is 0 Å². The monoisotopic (exact) mass is 369 g/mol. The van der Waals surface area contributed by atoms with Crippen LogP contribution in [-0.4, -0.2) is 44.9 Å². The number of rotatable bonds is 5. The molecule has 0 spiro atoms. The van der Waals surface area contributed by atoms with Crippen LogP contribution in [0.25, 0.3) is 17.1 Å². The molecule has 3 aromatic rings. The third-order valence-electron chi connectivity index (χ3n) is 4.67. The molecule has 0 bridgehead atoms. The standard InChI is InChI=1S/C19H23N5OS/c1-25-16-9-6-15(7-10-16)8-11-18-22-24-17(20-21-19(24)26-18)14-23-12-4-2-3-5-13-23/h6-11H,2-5,12-14H2,1H3/b11-8-. The maximum atomic E-state index is 5.19. The Bertz CT molecular complexity index is 875. The van der Waals surface area contributed by atoms with Crippen LogP contribution in [0.5, 0.6) is 5.75 Å². The Morgan fingerprint density at radius 3 is 2.54 bits per heavy atom. The number of nitrogens with zero attached hydrogens (tertiary/aromatic N) is 5. The fourth-order valence-corrected chi connectivity index (χ4v) is 3.97. The van der Waals surface area contributed by atoms with E-state index in [9.17, 15) is 0 Å². The van der Waals surface area contributed by atoms with Gasteiger partial charge in [0.25, 0.3) is 0 Å². The first-order valence-electron chi connectivity index (χ1n) is 9.07. The van der Waals surface area contributed by atoms with Gasteiger partial charge < -0.3 is 4.74 Å². The highest BCUT2D eigenvalue weighted by molar-refractivity contribution is 7.17. The summed E-state index contributed by atoms with van der Waals surface area (Å²) < 4.78 is 7.08. The number of ether oxygens (including phenoxy) is 1. The largest absolute Gasteiger partial charge is 0.497 e. The smallest absolute Gasteiger partial charge is 0.235 e. The van der Waals surface area contributed by atoms with E-state index < -0.39 is 0 Å². The summed E-state index contributed by atoms with van der Waals surface area (Å²) in [6.45, 7) is 3.11. The fourth-order valence-electron chi connectivity index (χ4n) is 3.22. The lowest BCUT2D eigenvalue weighted by molar-refractivity contribution is 0.268. The Kier molecular flexibility index (Phi) is 5.26. The Labute approximate surface area is 157 Å². The quantitative estimate of drug-likeness (QED) is 0.686. The van der Waals surface area contributed by atoms with Crippen molar-refractivity contribution < 1.29 is 4.74 Å². The summed E-state index contributed by atoms with van der Waals surface area (Å²) in [5, 5.41) is 14.3. The Morgan fingerprint density at radius 2 is 1.81 bits per heavy atom. The van der Waals surface area contributed by atoms with Gasteiger partial charge in [0.2, 0.25) is 4.96 Å². The van der Waals surface area contributed by atoms with Gasteiger partial charge in [-0.1, -0.05) is 42.4 Å². The second kappa shape index (κ2) is 7.97. The maximum Gasteiger partial charge on any atom is 0.235 e. The molecule has 3 heterocycles. The first-order valence-corrected chi connectivity index (χ1v) is 9.89. The van der Waals surface area contributed by atoms with Gasteiger partial charge in [-0.05, 0) is 49.7 Å². The summed E-state index contributed by atoms with van der Waals surface area (Å²) in [6, 6.07) is 7.97. The average molecular weight is 369 g/mol. The van der Waals surface area contributed by atoms with Crippen molar-refractivity contribution in [3.8, 4) is 5.75 Å². The number of methoxy groups -OCH3 is 1. The molecule has 7 heteroatoms. The van der Waals surface area contributed by atoms with Gasteiger partial charge in [-0.15, -0.1) is 10.2 Å². The molecule has 26 heavy (non-hydrogen) atoms. The zero-order valence-electron chi connectivity index (χ0n) is 15.0. The third kappa shape index (κ3) is 3.94. The minimum absolute atomic E-state index is 0.826. The van der Waals surface area contributed by atoms with Crippen molar-refractivity contribution in [1.82, 2.24) is 24.7 Å².